The summed E-state index contributed by atoms with van der Waals surface area (Å²) in [5.41, 5.74) is 1.34. The lowest BCUT2D eigenvalue weighted by Crippen LogP contribution is -2.37. The zero-order valence-corrected chi connectivity index (χ0v) is 21.0. The van der Waals surface area contributed by atoms with Gasteiger partial charge in [-0.2, -0.15) is 4.31 Å². The number of hydrogen-bond acceptors (Lipinski definition) is 5. The Morgan fingerprint density at radius 3 is 2.15 bits per heavy atom. The summed E-state index contributed by atoms with van der Waals surface area (Å²) in [6.07, 6.45) is 4.76. The van der Waals surface area contributed by atoms with Gasteiger partial charge in [0.15, 0.2) is 0 Å². The van der Waals surface area contributed by atoms with Crippen molar-refractivity contribution in [3.63, 3.8) is 0 Å². The highest BCUT2D eigenvalue weighted by molar-refractivity contribution is 7.92. The monoisotopic (exact) mass is 513 g/mol. The molecule has 8 nitrogen and oxygen atoms in total. The number of halogens is 1. The van der Waals surface area contributed by atoms with Crippen molar-refractivity contribution in [1.82, 2.24) is 4.31 Å². The molecule has 1 saturated heterocycles. The molecule has 0 atom stereocenters. The Balaban J connectivity index is 1.73. The minimum Gasteiger partial charge on any atom is -0.325 e. The van der Waals surface area contributed by atoms with Gasteiger partial charge in [-0.1, -0.05) is 24.4 Å². The Hall–Kier alpha value is -2.14. The minimum absolute atomic E-state index is 0.164. The summed E-state index contributed by atoms with van der Waals surface area (Å²) in [6.45, 7) is 2.29. The van der Waals surface area contributed by atoms with E-state index in [1.165, 1.54) is 28.6 Å². The van der Waals surface area contributed by atoms with Crippen LogP contribution >= 0.6 is 11.6 Å². The Labute approximate surface area is 200 Å². The third-order valence-electron chi connectivity index (χ3n) is 5.46. The molecule has 0 bridgehead atoms. The zero-order chi connectivity index (χ0) is 24.2. The van der Waals surface area contributed by atoms with E-state index in [0.717, 1.165) is 36.2 Å². The second kappa shape index (κ2) is 10.4. The molecule has 1 aliphatic rings. The molecule has 0 unspecified atom stereocenters. The van der Waals surface area contributed by atoms with Crippen molar-refractivity contribution < 1.29 is 21.6 Å². The third-order valence-corrected chi connectivity index (χ3v) is 8.73. The van der Waals surface area contributed by atoms with Crippen LogP contribution in [0.5, 0.6) is 0 Å². The number of amides is 1. The molecule has 33 heavy (non-hydrogen) atoms. The van der Waals surface area contributed by atoms with Gasteiger partial charge in [0.2, 0.25) is 26.0 Å². The Morgan fingerprint density at radius 2 is 1.61 bits per heavy atom. The summed E-state index contributed by atoms with van der Waals surface area (Å²) in [5, 5.41) is 3.10. The number of nitrogens with zero attached hydrogens (tertiary/aromatic N) is 2. The van der Waals surface area contributed by atoms with E-state index < -0.39 is 32.5 Å². The van der Waals surface area contributed by atoms with Crippen molar-refractivity contribution in [2.24, 2.45) is 0 Å². The van der Waals surface area contributed by atoms with Gasteiger partial charge in [0.1, 0.15) is 6.54 Å². The number of benzene rings is 2. The first kappa shape index (κ1) is 25.5. The fraction of sp³-hybridized carbons (Fsp3) is 0.409. The highest BCUT2D eigenvalue weighted by Crippen LogP contribution is 2.26. The Morgan fingerprint density at radius 1 is 1.00 bits per heavy atom. The van der Waals surface area contributed by atoms with Crippen LogP contribution in [0.15, 0.2) is 47.4 Å². The van der Waals surface area contributed by atoms with Crippen molar-refractivity contribution in [2.75, 3.05) is 35.5 Å². The van der Waals surface area contributed by atoms with Gasteiger partial charge in [-0.05, 0) is 67.8 Å². The molecule has 1 amide bonds. The van der Waals surface area contributed by atoms with Crippen LogP contribution in [0.4, 0.5) is 11.4 Å². The average Bonchev–Trinajstić information content (AvgIpc) is 3.02. The molecule has 0 aromatic heterocycles. The molecule has 0 spiro atoms. The number of anilines is 2. The number of carbonyl (C=O) groups excluding carboxylic acids is 1. The smallest absolute Gasteiger partial charge is 0.245 e. The molecule has 2 aromatic carbocycles. The van der Waals surface area contributed by atoms with E-state index >= 15 is 0 Å². The molecule has 3 rings (SSSR count). The second-order valence-electron chi connectivity index (χ2n) is 8.09. The topological polar surface area (TPSA) is 104 Å². The standard InChI is InChI=1S/C22H28ClN3O5S2/c1-17-15-18(23)7-12-21(17)26(32(2,28)29)16-22(27)24-19-8-10-20(11-9-19)33(30,31)25-13-5-3-4-6-14-25/h7-12,15H,3-6,13-14,16H2,1-2H3,(H,24,27). The molecule has 2 aromatic rings. The van der Waals surface area contributed by atoms with Gasteiger partial charge >= 0.3 is 0 Å². The number of carbonyl (C=O) groups is 1. The molecule has 0 aliphatic carbocycles. The van der Waals surface area contributed by atoms with Crippen LogP contribution in [0.2, 0.25) is 5.02 Å². The predicted octanol–water partition coefficient (Wildman–Crippen LogP) is 3.62. The van der Waals surface area contributed by atoms with Crippen molar-refractivity contribution in [3.05, 3.63) is 53.1 Å². The maximum Gasteiger partial charge on any atom is 0.245 e. The first-order valence-electron chi connectivity index (χ1n) is 10.6. The van der Waals surface area contributed by atoms with E-state index in [1.54, 1.807) is 25.1 Å². The number of aryl methyl sites for hydroxylation is 1. The van der Waals surface area contributed by atoms with Gasteiger partial charge in [0.25, 0.3) is 0 Å². The molecule has 1 aliphatic heterocycles. The molecule has 1 heterocycles. The van der Waals surface area contributed by atoms with Gasteiger partial charge in [-0.3, -0.25) is 9.10 Å². The lowest BCUT2D eigenvalue weighted by Gasteiger charge is -2.24. The van der Waals surface area contributed by atoms with Crippen LogP contribution in [0.3, 0.4) is 0 Å². The minimum atomic E-state index is -3.74. The van der Waals surface area contributed by atoms with E-state index in [4.69, 9.17) is 11.6 Å². The van der Waals surface area contributed by atoms with Gasteiger partial charge in [-0.15, -0.1) is 0 Å². The summed E-state index contributed by atoms with van der Waals surface area (Å²) in [6, 6.07) is 10.6. The third kappa shape index (κ3) is 6.47. The zero-order valence-electron chi connectivity index (χ0n) is 18.6. The maximum absolute atomic E-state index is 12.9. The van der Waals surface area contributed by atoms with Crippen LogP contribution in [-0.4, -0.2) is 52.9 Å². The van der Waals surface area contributed by atoms with Crippen molar-refractivity contribution in [3.8, 4) is 0 Å². The molecule has 11 heteroatoms. The predicted molar refractivity (Wildman–Crippen MR) is 131 cm³/mol. The summed E-state index contributed by atoms with van der Waals surface area (Å²) in [4.78, 5) is 12.8. The summed E-state index contributed by atoms with van der Waals surface area (Å²) >= 11 is 5.96. The van der Waals surface area contributed by atoms with E-state index in [9.17, 15) is 21.6 Å². The van der Waals surface area contributed by atoms with Crippen molar-refractivity contribution in [1.29, 1.82) is 0 Å². The first-order chi connectivity index (χ1) is 15.5. The number of sulfonamides is 2. The molecular formula is C22H28ClN3O5S2. The fourth-order valence-electron chi connectivity index (χ4n) is 3.75. The van der Waals surface area contributed by atoms with E-state index in [1.807, 2.05) is 0 Å². The van der Waals surface area contributed by atoms with Crippen LogP contribution in [-0.2, 0) is 24.8 Å². The molecule has 0 radical (unpaired) electrons. The molecule has 0 saturated carbocycles. The maximum atomic E-state index is 12.9. The largest absolute Gasteiger partial charge is 0.325 e. The SMILES string of the molecule is Cc1cc(Cl)ccc1N(CC(=O)Nc1ccc(S(=O)(=O)N2CCCCCC2)cc1)S(C)(=O)=O. The highest BCUT2D eigenvalue weighted by Gasteiger charge is 2.26. The van der Waals surface area contributed by atoms with Gasteiger partial charge < -0.3 is 5.32 Å². The van der Waals surface area contributed by atoms with Crippen molar-refractivity contribution >= 4 is 48.9 Å². The molecule has 1 fully saturated rings. The number of rotatable bonds is 7. The Bertz CT molecular complexity index is 1210. The average molecular weight is 514 g/mol. The summed E-state index contributed by atoms with van der Waals surface area (Å²) in [5.74, 6) is -0.557. The molecule has 180 valence electrons. The van der Waals surface area contributed by atoms with Crippen molar-refractivity contribution in [2.45, 2.75) is 37.5 Å². The molecular weight excluding hydrogens is 486 g/mol. The van der Waals surface area contributed by atoms with Crippen LogP contribution in [0, 0.1) is 6.92 Å². The van der Waals surface area contributed by atoms with Crippen LogP contribution in [0.25, 0.3) is 0 Å². The van der Waals surface area contributed by atoms with Gasteiger partial charge in [-0.25, -0.2) is 16.8 Å². The first-order valence-corrected chi connectivity index (χ1v) is 14.3. The second-order valence-corrected chi connectivity index (χ2v) is 12.4. The lowest BCUT2D eigenvalue weighted by molar-refractivity contribution is -0.114. The van der Waals surface area contributed by atoms with Gasteiger partial charge in [0.05, 0.1) is 16.8 Å². The normalized spacial score (nSPS) is 15.6. The summed E-state index contributed by atoms with van der Waals surface area (Å²) in [7, 11) is -7.33. The fourth-order valence-corrected chi connectivity index (χ4v) is 6.41. The van der Waals surface area contributed by atoms with E-state index in [2.05, 4.69) is 5.32 Å². The van der Waals surface area contributed by atoms with Crippen LogP contribution in [0.1, 0.15) is 31.2 Å². The van der Waals surface area contributed by atoms with Crippen LogP contribution < -0.4 is 9.62 Å². The number of hydrogen-bond donors (Lipinski definition) is 1. The Kier molecular flexibility index (Phi) is 8.04. The van der Waals surface area contributed by atoms with E-state index in [0.29, 0.717) is 35.1 Å². The molecule has 1 N–H and O–H groups in total. The van der Waals surface area contributed by atoms with Gasteiger partial charge in [0, 0.05) is 23.8 Å². The number of nitrogens with one attached hydrogen (secondary N) is 1. The quantitative estimate of drug-likeness (QED) is 0.609. The lowest BCUT2D eigenvalue weighted by atomic mass is 10.2. The highest BCUT2D eigenvalue weighted by atomic mass is 35.5. The van der Waals surface area contributed by atoms with E-state index in [-0.39, 0.29) is 4.90 Å². The summed E-state index contributed by atoms with van der Waals surface area (Å²) < 4.78 is 53.0.